The summed E-state index contributed by atoms with van der Waals surface area (Å²) in [7, 11) is 0. The fraction of sp³-hybridized carbons (Fsp3) is 0.474. The number of pyridine rings is 1. The second-order valence-electron chi connectivity index (χ2n) is 6.95. The highest BCUT2D eigenvalue weighted by molar-refractivity contribution is 5.81. The van der Waals surface area contributed by atoms with Crippen molar-refractivity contribution in [3.63, 3.8) is 0 Å². The molecule has 0 radical (unpaired) electrons. The molecule has 0 bridgehead atoms. The zero-order valence-electron chi connectivity index (χ0n) is 14.5. The first-order valence-corrected chi connectivity index (χ1v) is 9.04. The monoisotopic (exact) mass is 359 g/mol. The van der Waals surface area contributed by atoms with Gasteiger partial charge in [0, 0.05) is 62.0 Å². The first kappa shape index (κ1) is 17.2. The molecule has 4 rings (SSSR count). The first-order valence-electron chi connectivity index (χ1n) is 9.04. The van der Waals surface area contributed by atoms with Crippen LogP contribution < -0.4 is 5.43 Å². The third kappa shape index (κ3) is 3.50. The topological polar surface area (TPSA) is 65.6 Å². The average Bonchev–Trinajstić information content (AvgIpc) is 3.17. The van der Waals surface area contributed by atoms with Crippen molar-refractivity contribution in [3.05, 3.63) is 46.0 Å². The molecule has 2 aliphatic heterocycles. The fourth-order valence-electron chi connectivity index (χ4n) is 3.70. The Morgan fingerprint density at radius 1 is 1.23 bits per heavy atom. The van der Waals surface area contributed by atoms with Gasteiger partial charge in [0.1, 0.15) is 11.9 Å². The second kappa shape index (κ2) is 7.17. The van der Waals surface area contributed by atoms with E-state index in [1.165, 1.54) is 18.2 Å². The third-order valence-corrected chi connectivity index (χ3v) is 5.13. The number of benzene rings is 1. The maximum Gasteiger partial charge on any atom is 0.251 e. The lowest BCUT2D eigenvalue weighted by Crippen LogP contribution is -2.51. The van der Waals surface area contributed by atoms with Crippen LogP contribution in [0, 0.1) is 5.82 Å². The Morgan fingerprint density at radius 2 is 2.04 bits per heavy atom. The van der Waals surface area contributed by atoms with Crippen LogP contribution in [0.2, 0.25) is 0 Å². The van der Waals surface area contributed by atoms with Crippen LogP contribution in [0.5, 0.6) is 0 Å². The molecular weight excluding hydrogens is 337 g/mol. The van der Waals surface area contributed by atoms with E-state index in [1.54, 1.807) is 6.07 Å². The van der Waals surface area contributed by atoms with Gasteiger partial charge in [0.05, 0.1) is 0 Å². The summed E-state index contributed by atoms with van der Waals surface area (Å²) >= 11 is 0. The minimum atomic E-state index is -0.414. The van der Waals surface area contributed by atoms with Crippen molar-refractivity contribution < 1.29 is 13.9 Å². The third-order valence-electron chi connectivity index (χ3n) is 5.13. The predicted octanol–water partition coefficient (Wildman–Crippen LogP) is 1.49. The van der Waals surface area contributed by atoms with Gasteiger partial charge in [-0.2, -0.15) is 0 Å². The molecule has 0 spiro atoms. The molecule has 1 N–H and O–H groups in total. The number of halogens is 1. The van der Waals surface area contributed by atoms with Gasteiger partial charge in [0.15, 0.2) is 5.43 Å². The van der Waals surface area contributed by atoms with Gasteiger partial charge >= 0.3 is 0 Å². The maximum atomic E-state index is 13.3. The predicted molar refractivity (Wildman–Crippen MR) is 95.4 cm³/mol. The molecule has 3 heterocycles. The number of hydrogen-bond acceptors (Lipinski definition) is 4. The summed E-state index contributed by atoms with van der Waals surface area (Å²) in [5.41, 5.74) is 1.26. The standard InChI is InChI=1S/C19H22FN3O3/c20-13-3-4-16-15(10-13)17(24)11-14(21-16)12-22-5-7-23(8-6-22)19(25)18-2-1-9-26-18/h3-4,10-11,18H,1-2,5-9,12H2,(H,21,24)/t18-/m0/s1. The van der Waals surface area contributed by atoms with E-state index >= 15 is 0 Å². The van der Waals surface area contributed by atoms with E-state index in [4.69, 9.17) is 4.74 Å². The molecule has 2 fully saturated rings. The Hall–Kier alpha value is -2.25. The fourth-order valence-corrected chi connectivity index (χ4v) is 3.70. The Bertz CT molecular complexity index is 868. The molecule has 7 heteroatoms. The van der Waals surface area contributed by atoms with Crippen LogP contribution in [0.25, 0.3) is 10.9 Å². The van der Waals surface area contributed by atoms with E-state index in [0.29, 0.717) is 37.1 Å². The number of nitrogens with zero attached hydrogens (tertiary/aromatic N) is 2. The number of rotatable bonds is 3. The van der Waals surface area contributed by atoms with Crippen molar-refractivity contribution in [2.75, 3.05) is 32.8 Å². The van der Waals surface area contributed by atoms with E-state index < -0.39 is 5.82 Å². The number of hydrogen-bond donors (Lipinski definition) is 1. The Morgan fingerprint density at radius 3 is 2.77 bits per heavy atom. The minimum Gasteiger partial charge on any atom is -0.368 e. The number of fused-ring (bicyclic) bond motifs is 1. The minimum absolute atomic E-state index is 0.100. The van der Waals surface area contributed by atoms with Gasteiger partial charge in [0.2, 0.25) is 0 Å². The molecule has 1 aromatic carbocycles. The zero-order chi connectivity index (χ0) is 18.1. The summed E-state index contributed by atoms with van der Waals surface area (Å²) in [6.45, 7) is 4.12. The van der Waals surface area contributed by atoms with Gasteiger partial charge in [-0.25, -0.2) is 4.39 Å². The van der Waals surface area contributed by atoms with Crippen LogP contribution >= 0.6 is 0 Å². The van der Waals surface area contributed by atoms with Gasteiger partial charge in [-0.05, 0) is 31.0 Å². The van der Waals surface area contributed by atoms with E-state index in [1.807, 2.05) is 4.90 Å². The number of carbonyl (C=O) groups excluding carboxylic acids is 1. The van der Waals surface area contributed by atoms with Crippen molar-refractivity contribution in [1.82, 2.24) is 14.8 Å². The lowest BCUT2D eigenvalue weighted by atomic mass is 10.1. The van der Waals surface area contributed by atoms with Crippen LogP contribution in [0.4, 0.5) is 4.39 Å². The van der Waals surface area contributed by atoms with Crippen LogP contribution in [0.1, 0.15) is 18.5 Å². The molecule has 138 valence electrons. The highest BCUT2D eigenvalue weighted by Crippen LogP contribution is 2.17. The first-order chi connectivity index (χ1) is 12.6. The molecule has 0 saturated carbocycles. The van der Waals surface area contributed by atoms with Crippen molar-refractivity contribution >= 4 is 16.8 Å². The number of nitrogens with one attached hydrogen (secondary N) is 1. The lowest BCUT2D eigenvalue weighted by Gasteiger charge is -2.35. The average molecular weight is 359 g/mol. The summed E-state index contributed by atoms with van der Waals surface area (Å²) in [5.74, 6) is -0.314. The van der Waals surface area contributed by atoms with Crippen LogP contribution in [0.15, 0.2) is 29.1 Å². The Kier molecular flexibility index (Phi) is 4.74. The molecule has 26 heavy (non-hydrogen) atoms. The molecule has 1 aromatic heterocycles. The van der Waals surface area contributed by atoms with Crippen molar-refractivity contribution in [2.24, 2.45) is 0 Å². The molecule has 1 amide bonds. The zero-order valence-corrected chi connectivity index (χ0v) is 14.5. The highest BCUT2D eigenvalue weighted by Gasteiger charge is 2.30. The van der Waals surface area contributed by atoms with Crippen molar-refractivity contribution in [2.45, 2.75) is 25.5 Å². The quantitative estimate of drug-likeness (QED) is 0.902. The highest BCUT2D eigenvalue weighted by atomic mass is 19.1. The van der Waals surface area contributed by atoms with Crippen LogP contribution in [-0.2, 0) is 16.1 Å². The van der Waals surface area contributed by atoms with Crippen molar-refractivity contribution in [3.8, 4) is 0 Å². The molecule has 2 saturated heterocycles. The summed E-state index contributed by atoms with van der Waals surface area (Å²) in [5, 5.41) is 0.362. The van der Waals surface area contributed by atoms with Crippen LogP contribution in [-0.4, -0.2) is 59.6 Å². The van der Waals surface area contributed by atoms with E-state index in [0.717, 1.165) is 31.6 Å². The maximum absolute atomic E-state index is 13.3. The summed E-state index contributed by atoms with van der Waals surface area (Å²) in [4.78, 5) is 31.9. The molecule has 0 aliphatic carbocycles. The largest absolute Gasteiger partial charge is 0.368 e. The van der Waals surface area contributed by atoms with E-state index in [-0.39, 0.29) is 17.4 Å². The van der Waals surface area contributed by atoms with Crippen molar-refractivity contribution in [1.29, 1.82) is 0 Å². The lowest BCUT2D eigenvalue weighted by molar-refractivity contribution is -0.142. The number of ether oxygens (including phenoxy) is 1. The molecule has 0 unspecified atom stereocenters. The SMILES string of the molecule is O=C([C@@H]1CCCO1)N1CCN(Cc2cc(=O)c3cc(F)ccc3[nH]2)CC1. The number of carbonyl (C=O) groups is 1. The number of piperazine rings is 1. The van der Waals surface area contributed by atoms with Gasteiger partial charge in [-0.15, -0.1) is 0 Å². The molecule has 1 atom stereocenters. The Labute approximate surface area is 150 Å². The molecule has 2 aromatic rings. The molecule has 6 nitrogen and oxygen atoms in total. The van der Waals surface area contributed by atoms with E-state index in [9.17, 15) is 14.0 Å². The number of H-pyrrole nitrogens is 1. The summed E-state index contributed by atoms with van der Waals surface area (Å²) in [6, 6.07) is 5.73. The van der Waals surface area contributed by atoms with Crippen LogP contribution in [0.3, 0.4) is 0 Å². The van der Waals surface area contributed by atoms with Gasteiger partial charge < -0.3 is 14.6 Å². The number of aromatic nitrogens is 1. The summed E-state index contributed by atoms with van der Waals surface area (Å²) < 4.78 is 18.8. The smallest absolute Gasteiger partial charge is 0.251 e. The summed E-state index contributed by atoms with van der Waals surface area (Å²) in [6.07, 6.45) is 1.51. The van der Waals surface area contributed by atoms with Gasteiger partial charge in [0.25, 0.3) is 5.91 Å². The number of aromatic amines is 1. The second-order valence-corrected chi connectivity index (χ2v) is 6.95. The Balaban J connectivity index is 1.40. The number of amides is 1. The van der Waals surface area contributed by atoms with Gasteiger partial charge in [-0.3, -0.25) is 14.5 Å². The normalized spacial score (nSPS) is 21.4. The molecular formula is C19H22FN3O3. The van der Waals surface area contributed by atoms with E-state index in [2.05, 4.69) is 9.88 Å². The van der Waals surface area contributed by atoms with Gasteiger partial charge in [-0.1, -0.05) is 0 Å². The molecule has 2 aliphatic rings.